The largest absolute Gasteiger partial charge is 0.508 e. The van der Waals surface area contributed by atoms with Crippen LogP contribution in [0.25, 0.3) is 0 Å². The molecule has 2 aromatic carbocycles. The fourth-order valence-corrected chi connectivity index (χ4v) is 8.07. The molecule has 0 radical (unpaired) electrons. The molecule has 2 aliphatic carbocycles. The summed E-state index contributed by atoms with van der Waals surface area (Å²) in [7, 11) is 0. The minimum atomic E-state index is -4.73. The molecule has 14 heteroatoms. The number of nitrogens with zero attached hydrogens (tertiary/aromatic N) is 2. The Kier molecular flexibility index (Phi) is 6.94. The average molecular weight is 671 g/mol. The molecule has 4 amide bonds. The molecule has 0 bridgehead atoms. The van der Waals surface area contributed by atoms with Crippen LogP contribution < -0.4 is 10.7 Å². The predicted octanol–water partition coefficient (Wildman–Crippen LogP) is 5.39. The van der Waals surface area contributed by atoms with E-state index in [9.17, 15) is 37.5 Å². The standard InChI is InChI=1S/C32H23Cl2F3N4O5/c33-17-5-3-15(4-6-17)31-22(29(45)41(30(31)46)40-26-23(34)11-16(13-38-26)32(35,36)37)12-21-19(25(31)14-1-7-18(42)8-2-14)9-10-20-24(21)28(44)39-27(20)43/h1-9,11,13,20-22,24-25,42H,10,12H2,(H,38,40)(H,39,43,44). The summed E-state index contributed by atoms with van der Waals surface area (Å²) in [4.78, 5) is 58.9. The Bertz CT molecular complexity index is 1850. The number of anilines is 1. The highest BCUT2D eigenvalue weighted by molar-refractivity contribution is 6.33. The van der Waals surface area contributed by atoms with Gasteiger partial charge in [-0.1, -0.05) is 59.1 Å². The molecule has 4 aliphatic rings. The van der Waals surface area contributed by atoms with Gasteiger partial charge in [0.15, 0.2) is 5.82 Å². The number of halogens is 5. The van der Waals surface area contributed by atoms with E-state index in [-0.39, 0.29) is 24.4 Å². The smallest absolute Gasteiger partial charge is 0.417 e. The van der Waals surface area contributed by atoms with Crippen LogP contribution in [0.15, 0.2) is 72.4 Å². The third-order valence-electron chi connectivity index (χ3n) is 9.63. The number of rotatable bonds is 4. The Morgan fingerprint density at radius 1 is 0.978 bits per heavy atom. The second-order valence-electron chi connectivity index (χ2n) is 11.9. The van der Waals surface area contributed by atoms with E-state index >= 15 is 0 Å². The molecule has 3 heterocycles. The van der Waals surface area contributed by atoms with Gasteiger partial charge < -0.3 is 5.11 Å². The third-order valence-corrected chi connectivity index (χ3v) is 10.2. The molecule has 1 aromatic heterocycles. The van der Waals surface area contributed by atoms with Crippen molar-refractivity contribution in [3.8, 4) is 5.75 Å². The number of carbonyl (C=O) groups is 4. The SMILES string of the molecule is O=C1NC(=O)C2C1CC=C1C2CC2C(=O)N(Nc3ncc(C(F)(F)F)cc3Cl)C(=O)C2(c2ccc(Cl)cc2)C1c1ccc(O)cc1. The van der Waals surface area contributed by atoms with Gasteiger partial charge in [-0.2, -0.15) is 18.2 Å². The number of allylic oxidation sites excluding steroid dienone is 2. The van der Waals surface area contributed by atoms with Crippen molar-refractivity contribution in [1.82, 2.24) is 15.3 Å². The molecule has 236 valence electrons. The molecule has 3 fully saturated rings. The Balaban J connectivity index is 1.43. The maximum atomic E-state index is 14.9. The van der Waals surface area contributed by atoms with Crippen molar-refractivity contribution >= 4 is 52.6 Å². The highest BCUT2D eigenvalue weighted by atomic mass is 35.5. The second kappa shape index (κ2) is 10.6. The van der Waals surface area contributed by atoms with Crippen LogP contribution in [0.2, 0.25) is 10.0 Å². The quantitative estimate of drug-likeness (QED) is 0.251. The number of benzene rings is 2. The van der Waals surface area contributed by atoms with Crippen LogP contribution >= 0.6 is 23.2 Å². The summed E-state index contributed by atoms with van der Waals surface area (Å²) in [6, 6.07) is 13.2. The first kappa shape index (κ1) is 30.2. The summed E-state index contributed by atoms with van der Waals surface area (Å²) in [5.41, 5.74) is 1.51. The zero-order chi connectivity index (χ0) is 32.7. The lowest BCUT2D eigenvalue weighted by Crippen LogP contribution is -2.53. The normalized spacial score (nSPS) is 28.8. The molecule has 2 saturated heterocycles. The van der Waals surface area contributed by atoms with E-state index in [4.69, 9.17) is 23.2 Å². The fourth-order valence-electron chi connectivity index (χ4n) is 7.74. The lowest BCUT2D eigenvalue weighted by Gasteiger charge is -2.50. The Morgan fingerprint density at radius 3 is 2.33 bits per heavy atom. The van der Waals surface area contributed by atoms with E-state index in [1.807, 2.05) is 6.08 Å². The van der Waals surface area contributed by atoms with Crippen molar-refractivity contribution in [2.75, 3.05) is 5.43 Å². The highest BCUT2D eigenvalue weighted by Gasteiger charge is 2.70. The van der Waals surface area contributed by atoms with Crippen LogP contribution in [0.4, 0.5) is 19.0 Å². The summed E-state index contributed by atoms with van der Waals surface area (Å²) < 4.78 is 39.9. The lowest BCUT2D eigenvalue weighted by atomic mass is 9.49. The first-order chi connectivity index (χ1) is 21.8. The second-order valence-corrected chi connectivity index (χ2v) is 12.7. The zero-order valence-corrected chi connectivity index (χ0v) is 25.0. The van der Waals surface area contributed by atoms with Crippen LogP contribution in [-0.4, -0.2) is 38.7 Å². The summed E-state index contributed by atoms with van der Waals surface area (Å²) in [6.07, 6.45) is -2.08. The average Bonchev–Trinajstić information content (AvgIpc) is 3.42. The molecule has 3 N–H and O–H groups in total. The van der Waals surface area contributed by atoms with Crippen LogP contribution in [0.5, 0.6) is 5.75 Å². The Hall–Kier alpha value is -4.42. The minimum Gasteiger partial charge on any atom is -0.508 e. The lowest BCUT2D eigenvalue weighted by molar-refractivity contribution is -0.139. The summed E-state index contributed by atoms with van der Waals surface area (Å²) in [5.74, 6) is -6.66. The number of amides is 4. The number of fused-ring (bicyclic) bond motifs is 4. The summed E-state index contributed by atoms with van der Waals surface area (Å²) >= 11 is 12.4. The number of phenolic OH excluding ortho intramolecular Hbond substituents is 1. The maximum absolute atomic E-state index is 14.9. The van der Waals surface area contributed by atoms with E-state index in [1.165, 1.54) is 12.1 Å². The van der Waals surface area contributed by atoms with Gasteiger partial charge in [-0.15, -0.1) is 0 Å². The molecule has 9 nitrogen and oxygen atoms in total. The van der Waals surface area contributed by atoms with Gasteiger partial charge in [-0.3, -0.25) is 29.9 Å². The Labute approximate surface area is 269 Å². The third kappa shape index (κ3) is 4.41. The first-order valence-electron chi connectivity index (χ1n) is 14.3. The topological polar surface area (TPSA) is 129 Å². The van der Waals surface area contributed by atoms with Gasteiger partial charge in [0.05, 0.1) is 33.8 Å². The monoisotopic (exact) mass is 670 g/mol. The van der Waals surface area contributed by atoms with E-state index in [1.54, 1.807) is 36.4 Å². The number of carbonyl (C=O) groups excluding carboxylic acids is 4. The zero-order valence-electron chi connectivity index (χ0n) is 23.5. The summed E-state index contributed by atoms with van der Waals surface area (Å²) in [5, 5.41) is 13.2. The van der Waals surface area contributed by atoms with E-state index in [0.29, 0.717) is 34.0 Å². The fraction of sp³-hybridized carbons (Fsp3) is 0.281. The van der Waals surface area contributed by atoms with E-state index < -0.39 is 75.4 Å². The van der Waals surface area contributed by atoms with E-state index in [0.717, 1.165) is 5.01 Å². The molecule has 7 rings (SSSR count). The van der Waals surface area contributed by atoms with Crippen LogP contribution in [0, 0.1) is 23.7 Å². The van der Waals surface area contributed by atoms with Crippen molar-refractivity contribution in [2.45, 2.75) is 30.4 Å². The number of imide groups is 2. The number of hydrogen-bond donors (Lipinski definition) is 3. The molecular weight excluding hydrogens is 648 g/mol. The predicted molar refractivity (Wildman–Crippen MR) is 158 cm³/mol. The highest BCUT2D eigenvalue weighted by Crippen LogP contribution is 2.63. The number of hydrazine groups is 1. The number of aromatic hydroxyl groups is 1. The van der Waals surface area contributed by atoms with Crippen molar-refractivity contribution in [2.24, 2.45) is 23.7 Å². The minimum absolute atomic E-state index is 0.0157. The van der Waals surface area contributed by atoms with Crippen LogP contribution in [0.3, 0.4) is 0 Å². The number of hydrogen-bond acceptors (Lipinski definition) is 7. The maximum Gasteiger partial charge on any atom is 0.417 e. The summed E-state index contributed by atoms with van der Waals surface area (Å²) in [6.45, 7) is 0. The van der Waals surface area contributed by atoms with Crippen molar-refractivity contribution in [1.29, 1.82) is 0 Å². The first-order valence-corrected chi connectivity index (χ1v) is 15.1. The molecule has 1 saturated carbocycles. The number of alkyl halides is 3. The number of nitrogens with one attached hydrogen (secondary N) is 2. The van der Waals surface area contributed by atoms with Crippen molar-refractivity contribution in [3.05, 3.63) is 99.2 Å². The molecular formula is C32H23Cl2F3N4O5. The molecule has 3 aromatic rings. The molecule has 0 spiro atoms. The van der Waals surface area contributed by atoms with Gasteiger partial charge in [-0.05, 0) is 60.2 Å². The van der Waals surface area contributed by atoms with Crippen LogP contribution in [0.1, 0.15) is 35.4 Å². The van der Waals surface area contributed by atoms with Crippen molar-refractivity contribution in [3.63, 3.8) is 0 Å². The van der Waals surface area contributed by atoms with E-state index in [2.05, 4.69) is 15.7 Å². The number of phenols is 1. The molecule has 6 atom stereocenters. The number of aromatic nitrogens is 1. The van der Waals surface area contributed by atoms with Gasteiger partial charge in [-0.25, -0.2) is 4.98 Å². The Morgan fingerprint density at radius 2 is 1.67 bits per heavy atom. The molecule has 2 aliphatic heterocycles. The molecule has 6 unspecified atom stereocenters. The van der Waals surface area contributed by atoms with Gasteiger partial charge in [0.1, 0.15) is 5.75 Å². The van der Waals surface area contributed by atoms with Gasteiger partial charge in [0, 0.05) is 17.1 Å². The molecule has 46 heavy (non-hydrogen) atoms. The van der Waals surface area contributed by atoms with Crippen molar-refractivity contribution < 1.29 is 37.5 Å². The van der Waals surface area contributed by atoms with Crippen LogP contribution in [-0.2, 0) is 30.8 Å². The van der Waals surface area contributed by atoms with Gasteiger partial charge in [0.25, 0.3) is 11.8 Å². The van der Waals surface area contributed by atoms with Gasteiger partial charge in [0.2, 0.25) is 11.8 Å². The van der Waals surface area contributed by atoms with Gasteiger partial charge >= 0.3 is 6.18 Å². The number of pyridine rings is 1.